The summed E-state index contributed by atoms with van der Waals surface area (Å²) >= 11 is 0. The van der Waals surface area contributed by atoms with Gasteiger partial charge >= 0.3 is 0 Å². The van der Waals surface area contributed by atoms with Crippen molar-refractivity contribution in [3.63, 3.8) is 0 Å². The molecule has 0 fully saturated rings. The van der Waals surface area contributed by atoms with E-state index in [2.05, 4.69) is 10.3 Å². The van der Waals surface area contributed by atoms with Crippen molar-refractivity contribution in [1.82, 2.24) is 9.71 Å². The van der Waals surface area contributed by atoms with E-state index in [4.69, 9.17) is 10.9 Å². The van der Waals surface area contributed by atoms with Gasteiger partial charge in [0.15, 0.2) is 5.82 Å². The summed E-state index contributed by atoms with van der Waals surface area (Å²) in [6, 6.07) is 0. The molecule has 56 valence electrons. The van der Waals surface area contributed by atoms with Gasteiger partial charge in [-0.2, -0.15) is 4.73 Å². The van der Waals surface area contributed by atoms with Crippen molar-refractivity contribution >= 4 is 5.82 Å². The minimum Gasteiger partial charge on any atom is -0.425 e. The van der Waals surface area contributed by atoms with Gasteiger partial charge in [-0.15, -0.1) is 0 Å². The number of nitrogens with zero attached hydrogens (tertiary/aromatic N) is 2. The lowest BCUT2D eigenvalue weighted by atomic mass is 10.6. The van der Waals surface area contributed by atoms with Gasteiger partial charge < -0.3 is 16.3 Å². The van der Waals surface area contributed by atoms with Crippen molar-refractivity contribution < 1.29 is 5.21 Å². The van der Waals surface area contributed by atoms with Crippen molar-refractivity contribution in [2.45, 2.75) is 0 Å². The van der Waals surface area contributed by atoms with Gasteiger partial charge in [0.05, 0.1) is 6.20 Å². The molecule has 0 saturated carbocycles. The molecule has 1 rings (SSSR count). The molecular formula is C5H10N4O. The molecule has 4 N–H and O–H groups in total. The monoisotopic (exact) mass is 142 g/mol. The predicted molar refractivity (Wildman–Crippen MR) is 37.0 cm³/mol. The maximum absolute atomic E-state index is 8.93. The summed E-state index contributed by atoms with van der Waals surface area (Å²) in [4.78, 5) is 3.68. The highest BCUT2D eigenvalue weighted by Crippen LogP contribution is 2.00. The molecule has 0 radical (unpaired) electrons. The Kier molecular flexibility index (Phi) is 2.11. The molecular weight excluding hydrogens is 132 g/mol. The molecule has 0 aliphatic rings. The van der Waals surface area contributed by atoms with Crippen molar-refractivity contribution in [2.24, 2.45) is 5.73 Å². The maximum Gasteiger partial charge on any atom is 0.162 e. The van der Waals surface area contributed by atoms with Gasteiger partial charge in [-0.3, -0.25) is 0 Å². The molecule has 0 unspecified atom stereocenters. The lowest BCUT2D eigenvalue weighted by Crippen LogP contribution is -2.14. The van der Waals surface area contributed by atoms with E-state index in [0.717, 1.165) is 4.73 Å². The topological polar surface area (TPSA) is 76.1 Å². The number of hydrogen-bond donors (Lipinski definition) is 3. The van der Waals surface area contributed by atoms with E-state index >= 15 is 0 Å². The Hall–Kier alpha value is -1.23. The Balaban J connectivity index is 2.49. The highest BCUT2D eigenvalue weighted by Gasteiger charge is 1.95. The summed E-state index contributed by atoms with van der Waals surface area (Å²) in [6.45, 7) is 1.16. The van der Waals surface area contributed by atoms with E-state index in [0.29, 0.717) is 18.9 Å². The van der Waals surface area contributed by atoms with Gasteiger partial charge in [-0.05, 0) is 0 Å². The number of hydrogen-bond acceptors (Lipinski definition) is 4. The Morgan fingerprint density at radius 3 is 3.10 bits per heavy atom. The van der Waals surface area contributed by atoms with Gasteiger partial charge in [0.1, 0.15) is 6.33 Å². The number of rotatable bonds is 3. The lowest BCUT2D eigenvalue weighted by molar-refractivity contribution is 0.191. The first-order valence-electron chi connectivity index (χ1n) is 3.00. The molecule has 0 saturated heterocycles. The maximum atomic E-state index is 8.93. The summed E-state index contributed by atoms with van der Waals surface area (Å²) in [5.41, 5.74) is 5.22. The van der Waals surface area contributed by atoms with Crippen molar-refractivity contribution in [3.05, 3.63) is 12.5 Å². The third-order valence-electron chi connectivity index (χ3n) is 1.07. The molecule has 1 aromatic rings. The van der Waals surface area contributed by atoms with E-state index in [1.807, 2.05) is 0 Å². The summed E-state index contributed by atoms with van der Waals surface area (Å²) in [7, 11) is 0. The first-order valence-corrected chi connectivity index (χ1v) is 3.00. The SMILES string of the molecule is NCCNc1cncn1O. The van der Waals surface area contributed by atoms with Crippen LogP contribution >= 0.6 is 0 Å². The van der Waals surface area contributed by atoms with E-state index in [1.165, 1.54) is 12.5 Å². The van der Waals surface area contributed by atoms with E-state index in [9.17, 15) is 0 Å². The smallest absolute Gasteiger partial charge is 0.162 e. The van der Waals surface area contributed by atoms with E-state index in [1.54, 1.807) is 0 Å². The predicted octanol–water partition coefficient (Wildman–Crippen LogP) is -0.509. The molecule has 1 aromatic heterocycles. The molecule has 10 heavy (non-hydrogen) atoms. The third kappa shape index (κ3) is 1.38. The van der Waals surface area contributed by atoms with Crippen molar-refractivity contribution in [3.8, 4) is 0 Å². The largest absolute Gasteiger partial charge is 0.425 e. The van der Waals surface area contributed by atoms with Crippen molar-refractivity contribution in [1.29, 1.82) is 0 Å². The van der Waals surface area contributed by atoms with Gasteiger partial charge in [0.25, 0.3) is 0 Å². The normalized spacial score (nSPS) is 9.70. The van der Waals surface area contributed by atoms with Crippen LogP contribution in [0, 0.1) is 0 Å². The molecule has 5 heteroatoms. The van der Waals surface area contributed by atoms with Gasteiger partial charge in [-0.25, -0.2) is 4.98 Å². The van der Waals surface area contributed by atoms with Crippen LogP contribution in [-0.4, -0.2) is 28.0 Å². The van der Waals surface area contributed by atoms with Crippen LogP contribution in [-0.2, 0) is 0 Å². The van der Waals surface area contributed by atoms with Crippen LogP contribution in [0.1, 0.15) is 0 Å². The van der Waals surface area contributed by atoms with Crippen LogP contribution in [0.5, 0.6) is 0 Å². The Labute approximate surface area is 58.4 Å². The number of nitrogens with two attached hydrogens (primary N) is 1. The molecule has 5 nitrogen and oxygen atoms in total. The van der Waals surface area contributed by atoms with Gasteiger partial charge in [-0.1, -0.05) is 0 Å². The molecule has 0 bridgehead atoms. The Bertz CT molecular complexity index is 197. The zero-order chi connectivity index (χ0) is 7.40. The molecule has 0 aromatic carbocycles. The van der Waals surface area contributed by atoms with Crippen LogP contribution < -0.4 is 11.1 Å². The summed E-state index contributed by atoms with van der Waals surface area (Å²) in [5, 5.41) is 11.8. The fraction of sp³-hybridized carbons (Fsp3) is 0.400. The fourth-order valence-electron chi connectivity index (χ4n) is 0.615. The second kappa shape index (κ2) is 3.07. The molecule has 0 aliphatic heterocycles. The van der Waals surface area contributed by atoms with Crippen LogP contribution in [0.4, 0.5) is 5.82 Å². The molecule has 0 spiro atoms. The molecule has 0 aliphatic carbocycles. The van der Waals surface area contributed by atoms with Gasteiger partial charge in [0, 0.05) is 13.1 Å². The highest BCUT2D eigenvalue weighted by atomic mass is 16.5. The second-order valence-electron chi connectivity index (χ2n) is 1.84. The van der Waals surface area contributed by atoms with Gasteiger partial charge in [0.2, 0.25) is 0 Å². The zero-order valence-electron chi connectivity index (χ0n) is 5.49. The summed E-state index contributed by atoms with van der Waals surface area (Å²) < 4.78 is 0.912. The minimum atomic E-state index is 0.533. The van der Waals surface area contributed by atoms with E-state index < -0.39 is 0 Å². The van der Waals surface area contributed by atoms with Crippen LogP contribution in [0.2, 0.25) is 0 Å². The average Bonchev–Trinajstić information content (AvgIpc) is 2.31. The number of aromatic nitrogens is 2. The Morgan fingerprint density at radius 1 is 1.80 bits per heavy atom. The van der Waals surface area contributed by atoms with E-state index in [-0.39, 0.29) is 0 Å². The third-order valence-corrected chi connectivity index (χ3v) is 1.07. The molecule has 1 heterocycles. The van der Waals surface area contributed by atoms with Crippen LogP contribution in [0.15, 0.2) is 12.5 Å². The standard InChI is InChI=1S/C5H10N4O/c6-1-2-8-5-3-7-4-9(5)10/h3-4,8,10H,1-2,6H2. The fourth-order valence-corrected chi connectivity index (χ4v) is 0.615. The Morgan fingerprint density at radius 2 is 2.60 bits per heavy atom. The first kappa shape index (κ1) is 6.88. The lowest BCUT2D eigenvalue weighted by Gasteiger charge is -2.01. The number of nitrogens with one attached hydrogen (secondary N) is 1. The molecule has 0 amide bonds. The number of anilines is 1. The summed E-state index contributed by atoms with van der Waals surface area (Å²) in [5.74, 6) is 0.561. The minimum absolute atomic E-state index is 0.533. The summed E-state index contributed by atoms with van der Waals surface area (Å²) in [6.07, 6.45) is 2.83. The van der Waals surface area contributed by atoms with Crippen LogP contribution in [0.3, 0.4) is 0 Å². The highest BCUT2D eigenvalue weighted by molar-refractivity contribution is 5.31. The zero-order valence-corrected chi connectivity index (χ0v) is 5.49. The quantitative estimate of drug-likeness (QED) is 0.497. The average molecular weight is 142 g/mol. The number of imidazole rings is 1. The molecule has 0 atom stereocenters. The van der Waals surface area contributed by atoms with Crippen LogP contribution in [0.25, 0.3) is 0 Å². The first-order chi connectivity index (χ1) is 4.84. The second-order valence-corrected chi connectivity index (χ2v) is 1.84. The van der Waals surface area contributed by atoms with Crippen molar-refractivity contribution in [2.75, 3.05) is 18.4 Å².